The van der Waals surface area contributed by atoms with E-state index in [4.69, 9.17) is 14.7 Å². The molecule has 0 atom stereocenters. The Morgan fingerprint density at radius 2 is 1.73 bits per heavy atom. The average Bonchev–Trinajstić information content (AvgIpc) is 2.98. The van der Waals surface area contributed by atoms with Gasteiger partial charge < -0.3 is 9.47 Å². The summed E-state index contributed by atoms with van der Waals surface area (Å²) >= 11 is 0.721. The maximum atomic E-state index is 12.2. The first kappa shape index (κ1) is 18.8. The highest BCUT2D eigenvalue weighted by atomic mass is 32.2. The minimum atomic E-state index is -4.21. The van der Waals surface area contributed by atoms with Crippen molar-refractivity contribution in [3.05, 3.63) is 35.4 Å². The first-order valence-corrected chi connectivity index (χ1v) is 8.04. The van der Waals surface area contributed by atoms with Crippen LogP contribution in [-0.2, 0) is 15.3 Å². The van der Waals surface area contributed by atoms with E-state index in [-0.39, 0.29) is 5.75 Å². The molecular formula is C15H18F3NO2S. The number of nitriles is 1. The molecule has 1 aliphatic rings. The Morgan fingerprint density at radius 1 is 1.18 bits per heavy atom. The van der Waals surface area contributed by atoms with Crippen molar-refractivity contribution in [3.63, 3.8) is 0 Å². The lowest BCUT2D eigenvalue weighted by molar-refractivity contribution is -0.145. The molecule has 22 heavy (non-hydrogen) atoms. The molecule has 7 heteroatoms. The Kier molecular flexibility index (Phi) is 7.20. The standard InChI is InChI=1S/C13H12F3NO2S.C2H6/c14-13(15,16)9-20-8-12(18-5-6-19-12)11-3-1-10(7-17)2-4-11;1-2/h1-4H,5-6,8-9H2;1-2H3. The van der Waals surface area contributed by atoms with Gasteiger partial charge in [0.25, 0.3) is 0 Å². The first-order valence-electron chi connectivity index (χ1n) is 6.88. The minimum Gasteiger partial charge on any atom is -0.343 e. The van der Waals surface area contributed by atoms with Crippen molar-refractivity contribution in [1.82, 2.24) is 0 Å². The summed E-state index contributed by atoms with van der Waals surface area (Å²) in [6.07, 6.45) is -4.21. The highest BCUT2D eigenvalue weighted by Gasteiger charge is 2.40. The van der Waals surface area contributed by atoms with Crippen LogP contribution in [0.3, 0.4) is 0 Å². The molecule has 2 rings (SSSR count). The van der Waals surface area contributed by atoms with Gasteiger partial charge in [-0.25, -0.2) is 0 Å². The van der Waals surface area contributed by atoms with Gasteiger partial charge in [0.05, 0.1) is 36.4 Å². The fourth-order valence-corrected chi connectivity index (χ4v) is 2.82. The molecule has 0 spiro atoms. The Hall–Kier alpha value is -1.23. The van der Waals surface area contributed by atoms with Crippen molar-refractivity contribution >= 4 is 11.8 Å². The number of rotatable bonds is 4. The molecule has 1 saturated heterocycles. The van der Waals surface area contributed by atoms with Crippen LogP contribution >= 0.6 is 11.8 Å². The van der Waals surface area contributed by atoms with E-state index in [0.717, 1.165) is 11.8 Å². The lowest BCUT2D eigenvalue weighted by Crippen LogP contribution is -2.31. The second-order valence-corrected chi connectivity index (χ2v) is 5.23. The Morgan fingerprint density at radius 3 is 2.18 bits per heavy atom. The maximum Gasteiger partial charge on any atom is 0.397 e. The van der Waals surface area contributed by atoms with Gasteiger partial charge in [-0.1, -0.05) is 26.0 Å². The van der Waals surface area contributed by atoms with Crippen LogP contribution in [0.4, 0.5) is 13.2 Å². The van der Waals surface area contributed by atoms with E-state index >= 15 is 0 Å². The summed E-state index contributed by atoms with van der Waals surface area (Å²) in [5.74, 6) is -2.04. The van der Waals surface area contributed by atoms with Crippen LogP contribution in [0, 0.1) is 11.3 Å². The van der Waals surface area contributed by atoms with E-state index in [1.807, 2.05) is 19.9 Å². The largest absolute Gasteiger partial charge is 0.397 e. The summed E-state index contributed by atoms with van der Waals surface area (Å²) in [5.41, 5.74) is 1.11. The third kappa shape index (κ3) is 5.20. The zero-order chi connectivity index (χ0) is 16.6. The number of benzene rings is 1. The Balaban J connectivity index is 0.00000116. The first-order chi connectivity index (χ1) is 10.5. The molecule has 0 amide bonds. The van der Waals surface area contributed by atoms with Gasteiger partial charge >= 0.3 is 6.18 Å². The monoisotopic (exact) mass is 333 g/mol. The van der Waals surface area contributed by atoms with Gasteiger partial charge in [-0.3, -0.25) is 0 Å². The van der Waals surface area contributed by atoms with Gasteiger partial charge in [0.1, 0.15) is 0 Å². The number of hydrogen-bond donors (Lipinski definition) is 0. The molecule has 1 fully saturated rings. The smallest absolute Gasteiger partial charge is 0.343 e. The van der Waals surface area contributed by atoms with Crippen molar-refractivity contribution in [2.75, 3.05) is 24.7 Å². The van der Waals surface area contributed by atoms with Crippen molar-refractivity contribution in [1.29, 1.82) is 5.26 Å². The molecule has 0 bridgehead atoms. The third-order valence-corrected chi connectivity index (χ3v) is 3.88. The van der Waals surface area contributed by atoms with Crippen LogP contribution in [0.25, 0.3) is 0 Å². The zero-order valence-electron chi connectivity index (χ0n) is 12.4. The molecule has 0 radical (unpaired) electrons. The summed E-state index contributed by atoms with van der Waals surface area (Å²) in [7, 11) is 0. The number of halogens is 3. The topological polar surface area (TPSA) is 42.2 Å². The van der Waals surface area contributed by atoms with Gasteiger partial charge in [0.2, 0.25) is 5.79 Å². The second kappa shape index (κ2) is 8.42. The molecular weight excluding hydrogens is 315 g/mol. The summed E-state index contributed by atoms with van der Waals surface area (Å²) in [5, 5.41) is 8.75. The molecule has 0 aliphatic carbocycles. The second-order valence-electron chi connectivity index (χ2n) is 4.25. The number of hydrogen-bond acceptors (Lipinski definition) is 4. The van der Waals surface area contributed by atoms with Gasteiger partial charge in [0.15, 0.2) is 0 Å². The van der Waals surface area contributed by atoms with E-state index < -0.39 is 17.7 Å². The van der Waals surface area contributed by atoms with Gasteiger partial charge in [-0.2, -0.15) is 18.4 Å². The van der Waals surface area contributed by atoms with Crippen LogP contribution in [0.2, 0.25) is 0 Å². The fraction of sp³-hybridized carbons (Fsp3) is 0.533. The normalized spacial score (nSPS) is 16.5. The number of alkyl halides is 3. The van der Waals surface area contributed by atoms with Crippen LogP contribution in [-0.4, -0.2) is 30.9 Å². The predicted octanol–water partition coefficient (Wildman–Crippen LogP) is 4.08. The molecule has 0 N–H and O–H groups in total. The zero-order valence-corrected chi connectivity index (χ0v) is 13.3. The maximum absolute atomic E-state index is 12.2. The highest BCUT2D eigenvalue weighted by molar-refractivity contribution is 7.99. The summed E-state index contributed by atoms with van der Waals surface area (Å²) < 4.78 is 47.7. The average molecular weight is 333 g/mol. The lowest BCUT2D eigenvalue weighted by Gasteiger charge is -2.27. The van der Waals surface area contributed by atoms with E-state index in [1.54, 1.807) is 24.3 Å². The fourth-order valence-electron chi connectivity index (χ4n) is 1.89. The molecule has 0 aromatic heterocycles. The van der Waals surface area contributed by atoms with Gasteiger partial charge in [-0.05, 0) is 12.1 Å². The third-order valence-electron chi connectivity index (χ3n) is 2.77. The number of ether oxygens (including phenoxy) is 2. The summed E-state index contributed by atoms with van der Waals surface area (Å²) in [6.45, 7) is 4.68. The molecule has 3 nitrogen and oxygen atoms in total. The molecule has 0 saturated carbocycles. The lowest BCUT2D eigenvalue weighted by atomic mass is 10.1. The number of nitrogens with zero attached hydrogens (tertiary/aromatic N) is 1. The van der Waals surface area contributed by atoms with Crippen molar-refractivity contribution < 1.29 is 22.6 Å². The SMILES string of the molecule is CC.N#Cc1ccc(C2(CSCC(F)(F)F)OCCO2)cc1. The predicted molar refractivity (Wildman–Crippen MR) is 79.5 cm³/mol. The number of thioether (sulfide) groups is 1. The minimum absolute atomic E-state index is 0.0540. The van der Waals surface area contributed by atoms with E-state index in [0.29, 0.717) is 24.3 Å². The molecule has 1 aliphatic heterocycles. The molecule has 0 unspecified atom stereocenters. The molecule has 122 valence electrons. The Labute approximate surface area is 132 Å². The van der Waals surface area contributed by atoms with Crippen molar-refractivity contribution in [2.45, 2.75) is 25.8 Å². The van der Waals surface area contributed by atoms with Gasteiger partial charge in [-0.15, -0.1) is 11.8 Å². The van der Waals surface area contributed by atoms with E-state index in [9.17, 15) is 13.2 Å². The molecule has 1 aromatic rings. The van der Waals surface area contributed by atoms with Crippen LogP contribution < -0.4 is 0 Å². The van der Waals surface area contributed by atoms with Crippen molar-refractivity contribution in [3.8, 4) is 6.07 Å². The van der Waals surface area contributed by atoms with Gasteiger partial charge in [0, 0.05) is 5.56 Å². The quantitative estimate of drug-likeness (QED) is 0.833. The van der Waals surface area contributed by atoms with Crippen molar-refractivity contribution in [2.24, 2.45) is 0 Å². The Bertz CT molecular complexity index is 491. The summed E-state index contributed by atoms with van der Waals surface area (Å²) in [4.78, 5) is 0. The van der Waals surface area contributed by atoms with E-state index in [1.165, 1.54) is 0 Å². The van der Waals surface area contributed by atoms with Crippen LogP contribution in [0.15, 0.2) is 24.3 Å². The highest BCUT2D eigenvalue weighted by Crippen LogP contribution is 2.36. The molecule has 1 aromatic carbocycles. The van der Waals surface area contributed by atoms with Crippen LogP contribution in [0.5, 0.6) is 0 Å². The van der Waals surface area contributed by atoms with Crippen LogP contribution in [0.1, 0.15) is 25.0 Å². The molecule has 1 heterocycles. The summed E-state index contributed by atoms with van der Waals surface area (Å²) in [6, 6.07) is 8.47. The van der Waals surface area contributed by atoms with E-state index in [2.05, 4.69) is 0 Å².